The highest BCUT2D eigenvalue weighted by Crippen LogP contribution is 2.37. The zero-order chi connectivity index (χ0) is 15.6. The third-order valence-corrected chi connectivity index (χ3v) is 4.40. The Kier molecular flexibility index (Phi) is 4.91. The maximum atomic E-state index is 12.6. The molecule has 0 radical (unpaired) electrons. The molecule has 0 aliphatic carbocycles. The van der Waals surface area contributed by atoms with Gasteiger partial charge in [-0.05, 0) is 42.8 Å². The second-order valence-corrected chi connectivity index (χ2v) is 5.69. The topological polar surface area (TPSA) is 35.5 Å². The molecular formula is C16H14BrClO3. The van der Waals surface area contributed by atoms with E-state index in [-0.39, 0.29) is 5.78 Å². The van der Waals surface area contributed by atoms with Gasteiger partial charge in [0, 0.05) is 10.0 Å². The van der Waals surface area contributed by atoms with Crippen LogP contribution in [0.1, 0.15) is 21.5 Å². The Morgan fingerprint density at radius 3 is 2.43 bits per heavy atom. The van der Waals surface area contributed by atoms with E-state index in [0.29, 0.717) is 27.6 Å². The van der Waals surface area contributed by atoms with Crippen molar-refractivity contribution in [1.29, 1.82) is 0 Å². The number of halogens is 2. The molecule has 2 rings (SSSR count). The van der Waals surface area contributed by atoms with Crippen LogP contribution in [0.4, 0.5) is 0 Å². The first-order chi connectivity index (χ1) is 9.99. The lowest BCUT2D eigenvalue weighted by molar-refractivity contribution is 0.103. The number of methoxy groups -OCH3 is 2. The van der Waals surface area contributed by atoms with E-state index < -0.39 is 0 Å². The van der Waals surface area contributed by atoms with Gasteiger partial charge < -0.3 is 9.47 Å². The monoisotopic (exact) mass is 368 g/mol. The molecule has 0 aliphatic rings. The average molecular weight is 370 g/mol. The molecule has 0 fully saturated rings. The fourth-order valence-corrected chi connectivity index (χ4v) is 2.58. The predicted molar refractivity (Wildman–Crippen MR) is 86.9 cm³/mol. The van der Waals surface area contributed by atoms with Gasteiger partial charge in [0.25, 0.3) is 0 Å². The van der Waals surface area contributed by atoms with Crippen LogP contribution in [0.5, 0.6) is 11.5 Å². The first-order valence-corrected chi connectivity index (χ1v) is 7.38. The van der Waals surface area contributed by atoms with Crippen LogP contribution in [0.25, 0.3) is 0 Å². The summed E-state index contributed by atoms with van der Waals surface area (Å²) < 4.78 is 11.4. The van der Waals surface area contributed by atoms with Crippen LogP contribution < -0.4 is 9.47 Å². The van der Waals surface area contributed by atoms with E-state index >= 15 is 0 Å². The van der Waals surface area contributed by atoms with Crippen LogP contribution in [0, 0.1) is 6.92 Å². The smallest absolute Gasteiger partial charge is 0.196 e. The Morgan fingerprint density at radius 2 is 1.86 bits per heavy atom. The molecule has 0 aromatic heterocycles. The van der Waals surface area contributed by atoms with E-state index in [1.165, 1.54) is 14.2 Å². The van der Waals surface area contributed by atoms with Crippen LogP contribution in [-0.4, -0.2) is 20.0 Å². The Balaban J connectivity index is 2.52. The molecule has 0 spiro atoms. The van der Waals surface area contributed by atoms with Crippen molar-refractivity contribution in [2.24, 2.45) is 0 Å². The van der Waals surface area contributed by atoms with Gasteiger partial charge in [-0.2, -0.15) is 0 Å². The van der Waals surface area contributed by atoms with E-state index in [0.717, 1.165) is 10.0 Å². The van der Waals surface area contributed by atoms with Gasteiger partial charge in [-0.1, -0.05) is 27.5 Å². The highest BCUT2D eigenvalue weighted by atomic mass is 79.9. The zero-order valence-corrected chi connectivity index (χ0v) is 14.2. The van der Waals surface area contributed by atoms with Gasteiger partial charge >= 0.3 is 0 Å². The summed E-state index contributed by atoms with van der Waals surface area (Å²) in [6, 6.07) is 8.74. The molecule has 5 heteroatoms. The summed E-state index contributed by atoms with van der Waals surface area (Å²) in [6.45, 7) is 1.93. The molecule has 0 saturated heterocycles. The van der Waals surface area contributed by atoms with Gasteiger partial charge in [-0.15, -0.1) is 0 Å². The standard InChI is InChI=1S/C16H14BrClO3/c1-9-8-10(4-6-12(9)17)15(19)11-5-7-13(20-2)14(18)16(11)21-3/h4-8H,1-3H3. The number of rotatable bonds is 4. The van der Waals surface area contributed by atoms with Crippen molar-refractivity contribution < 1.29 is 14.3 Å². The Morgan fingerprint density at radius 1 is 1.14 bits per heavy atom. The lowest BCUT2D eigenvalue weighted by Gasteiger charge is -2.12. The number of benzene rings is 2. The molecule has 2 aromatic carbocycles. The SMILES string of the molecule is COc1ccc(C(=O)c2ccc(Br)c(C)c2)c(OC)c1Cl. The van der Waals surface area contributed by atoms with Crippen LogP contribution in [0.15, 0.2) is 34.8 Å². The van der Waals surface area contributed by atoms with Gasteiger partial charge in [-0.3, -0.25) is 4.79 Å². The van der Waals surface area contributed by atoms with Crippen LogP contribution in [0.2, 0.25) is 5.02 Å². The molecular weight excluding hydrogens is 356 g/mol. The summed E-state index contributed by atoms with van der Waals surface area (Å²) in [4.78, 5) is 12.6. The number of hydrogen-bond acceptors (Lipinski definition) is 3. The summed E-state index contributed by atoms with van der Waals surface area (Å²) in [7, 11) is 2.99. The van der Waals surface area contributed by atoms with E-state index in [1.54, 1.807) is 18.2 Å². The molecule has 0 amide bonds. The van der Waals surface area contributed by atoms with Crippen LogP contribution >= 0.6 is 27.5 Å². The minimum atomic E-state index is -0.146. The zero-order valence-electron chi connectivity index (χ0n) is 11.9. The van der Waals surface area contributed by atoms with Crippen LogP contribution in [-0.2, 0) is 0 Å². The van der Waals surface area contributed by atoms with Crippen molar-refractivity contribution in [3.8, 4) is 11.5 Å². The first-order valence-electron chi connectivity index (χ1n) is 6.21. The third kappa shape index (κ3) is 3.06. The van der Waals surface area contributed by atoms with Gasteiger partial charge in [0.15, 0.2) is 11.5 Å². The highest BCUT2D eigenvalue weighted by molar-refractivity contribution is 9.10. The largest absolute Gasteiger partial charge is 0.495 e. The van der Waals surface area contributed by atoms with Crippen molar-refractivity contribution in [2.45, 2.75) is 6.92 Å². The van der Waals surface area contributed by atoms with Gasteiger partial charge in [0.1, 0.15) is 10.8 Å². The number of carbonyl (C=O) groups is 1. The van der Waals surface area contributed by atoms with E-state index in [9.17, 15) is 4.79 Å². The lowest BCUT2D eigenvalue weighted by atomic mass is 10.0. The summed E-state index contributed by atoms with van der Waals surface area (Å²) in [5, 5.41) is 0.291. The fraction of sp³-hybridized carbons (Fsp3) is 0.188. The first kappa shape index (κ1) is 15.9. The Labute approximate surface area is 137 Å². The quantitative estimate of drug-likeness (QED) is 0.735. The number of ketones is 1. The summed E-state index contributed by atoms with van der Waals surface area (Å²) in [6.07, 6.45) is 0. The molecule has 0 N–H and O–H groups in total. The number of ether oxygens (including phenoxy) is 2. The lowest BCUT2D eigenvalue weighted by Crippen LogP contribution is -2.05. The molecule has 21 heavy (non-hydrogen) atoms. The highest BCUT2D eigenvalue weighted by Gasteiger charge is 2.20. The van der Waals surface area contributed by atoms with Gasteiger partial charge in [0.05, 0.1) is 19.8 Å². The maximum Gasteiger partial charge on any atom is 0.196 e. The van der Waals surface area contributed by atoms with Gasteiger partial charge in [0.2, 0.25) is 0 Å². The average Bonchev–Trinajstić information content (AvgIpc) is 2.49. The fourth-order valence-electron chi connectivity index (χ4n) is 2.02. The van der Waals surface area contributed by atoms with E-state index in [2.05, 4.69) is 15.9 Å². The third-order valence-electron chi connectivity index (χ3n) is 3.15. The summed E-state index contributed by atoms with van der Waals surface area (Å²) in [5.41, 5.74) is 1.97. The van der Waals surface area contributed by atoms with E-state index in [1.807, 2.05) is 19.1 Å². The molecule has 110 valence electrons. The second-order valence-electron chi connectivity index (χ2n) is 4.46. The number of hydrogen-bond donors (Lipinski definition) is 0. The molecule has 0 atom stereocenters. The molecule has 0 aliphatic heterocycles. The molecule has 0 unspecified atom stereocenters. The Bertz CT molecular complexity index is 698. The molecule has 0 bridgehead atoms. The van der Waals surface area contributed by atoms with Crippen molar-refractivity contribution in [1.82, 2.24) is 0 Å². The molecule has 3 nitrogen and oxygen atoms in total. The minimum absolute atomic E-state index is 0.146. The molecule has 0 heterocycles. The van der Waals surface area contributed by atoms with Crippen LogP contribution in [0.3, 0.4) is 0 Å². The van der Waals surface area contributed by atoms with Gasteiger partial charge in [-0.25, -0.2) is 0 Å². The normalized spacial score (nSPS) is 10.3. The van der Waals surface area contributed by atoms with Crippen molar-refractivity contribution in [3.05, 3.63) is 56.5 Å². The number of aryl methyl sites for hydroxylation is 1. The van der Waals surface area contributed by atoms with Crippen molar-refractivity contribution >= 4 is 33.3 Å². The minimum Gasteiger partial charge on any atom is -0.495 e. The molecule has 0 saturated carbocycles. The van der Waals surface area contributed by atoms with Crippen molar-refractivity contribution in [3.63, 3.8) is 0 Å². The Hall–Kier alpha value is -1.52. The number of carbonyl (C=O) groups excluding carboxylic acids is 1. The second kappa shape index (κ2) is 6.50. The molecule has 2 aromatic rings. The summed E-state index contributed by atoms with van der Waals surface area (Å²) >= 11 is 9.61. The maximum absolute atomic E-state index is 12.6. The summed E-state index contributed by atoms with van der Waals surface area (Å²) in [5.74, 6) is 0.644. The van der Waals surface area contributed by atoms with Crippen molar-refractivity contribution in [2.75, 3.05) is 14.2 Å². The van der Waals surface area contributed by atoms with E-state index in [4.69, 9.17) is 21.1 Å². The predicted octanol–water partition coefficient (Wildman–Crippen LogP) is 4.66.